The van der Waals surface area contributed by atoms with Crippen LogP contribution < -0.4 is 4.90 Å². The molecule has 0 saturated carbocycles. The van der Waals surface area contributed by atoms with E-state index in [1.807, 2.05) is 42.5 Å². The maximum absolute atomic E-state index is 6.43. The van der Waals surface area contributed by atoms with Crippen LogP contribution in [-0.2, 0) is 0 Å². The van der Waals surface area contributed by atoms with Crippen molar-refractivity contribution < 1.29 is 8.83 Å². The van der Waals surface area contributed by atoms with Crippen LogP contribution in [0.1, 0.15) is 0 Å². The molecule has 61 heavy (non-hydrogen) atoms. The number of rotatable bonds is 7. The summed E-state index contributed by atoms with van der Waals surface area (Å²) in [6.45, 7) is 0. The number of fused-ring (bicyclic) bond motifs is 8. The second kappa shape index (κ2) is 14.3. The molecule has 12 aromatic rings. The highest BCUT2D eigenvalue weighted by Gasteiger charge is 2.19. The normalized spacial score (nSPS) is 11.6. The Morgan fingerprint density at radius 2 is 0.934 bits per heavy atom. The number of benzene rings is 10. The number of oxazole rings is 1. The van der Waals surface area contributed by atoms with E-state index in [9.17, 15) is 0 Å². The van der Waals surface area contributed by atoms with Crippen LogP contribution in [0, 0.1) is 0 Å². The summed E-state index contributed by atoms with van der Waals surface area (Å²) in [5.41, 5.74) is 14.2. The molecule has 0 spiro atoms. The zero-order valence-corrected chi connectivity index (χ0v) is 33.0. The third-order valence-corrected chi connectivity index (χ3v) is 11.9. The number of hydrogen-bond donors (Lipinski definition) is 0. The van der Waals surface area contributed by atoms with Gasteiger partial charge in [0.15, 0.2) is 5.58 Å². The Kier molecular flexibility index (Phi) is 8.13. The Hall–Kier alpha value is -8.21. The molecular formula is C57H36N2O2. The molecule has 0 aliphatic rings. The van der Waals surface area contributed by atoms with E-state index >= 15 is 0 Å². The minimum Gasteiger partial charge on any atom is -0.456 e. The van der Waals surface area contributed by atoms with E-state index in [1.54, 1.807) is 0 Å². The first-order valence-electron chi connectivity index (χ1n) is 20.6. The molecule has 0 aliphatic carbocycles. The summed E-state index contributed by atoms with van der Waals surface area (Å²) in [6.07, 6.45) is 0. The molecule has 0 bridgehead atoms. The third kappa shape index (κ3) is 6.04. The van der Waals surface area contributed by atoms with Crippen molar-refractivity contribution in [1.82, 2.24) is 4.98 Å². The summed E-state index contributed by atoms with van der Waals surface area (Å²) >= 11 is 0. The Balaban J connectivity index is 0.946. The van der Waals surface area contributed by atoms with Crippen LogP contribution in [0.25, 0.3) is 99.4 Å². The smallest absolute Gasteiger partial charge is 0.227 e. The van der Waals surface area contributed by atoms with Crippen molar-refractivity contribution in [2.24, 2.45) is 0 Å². The van der Waals surface area contributed by atoms with Crippen molar-refractivity contribution in [3.8, 4) is 44.8 Å². The largest absolute Gasteiger partial charge is 0.456 e. The van der Waals surface area contributed by atoms with Crippen molar-refractivity contribution in [3.63, 3.8) is 0 Å². The molecule has 0 amide bonds. The van der Waals surface area contributed by atoms with E-state index in [1.165, 1.54) is 38.2 Å². The maximum atomic E-state index is 6.43. The number of aromatic nitrogens is 1. The molecule has 0 radical (unpaired) electrons. The Bertz CT molecular complexity index is 3570. The fraction of sp³-hybridized carbons (Fsp3) is 0. The number of anilines is 3. The van der Waals surface area contributed by atoms with Gasteiger partial charge in [0, 0.05) is 28.0 Å². The molecule has 0 aliphatic heterocycles. The number of furan rings is 1. The number of hydrogen-bond acceptors (Lipinski definition) is 4. The Morgan fingerprint density at radius 1 is 0.344 bits per heavy atom. The lowest BCUT2D eigenvalue weighted by Crippen LogP contribution is -2.10. The molecule has 4 nitrogen and oxygen atoms in total. The van der Waals surface area contributed by atoms with Gasteiger partial charge in [-0.15, -0.1) is 0 Å². The fourth-order valence-electron chi connectivity index (χ4n) is 8.92. The van der Waals surface area contributed by atoms with Crippen LogP contribution in [0.5, 0.6) is 0 Å². The predicted molar refractivity (Wildman–Crippen MR) is 253 cm³/mol. The molecule has 4 heteroatoms. The summed E-state index contributed by atoms with van der Waals surface area (Å²) in [5.74, 6) is 0.597. The highest BCUT2D eigenvalue weighted by atomic mass is 16.4. The molecule has 0 N–H and O–H groups in total. The van der Waals surface area contributed by atoms with Gasteiger partial charge in [0.05, 0.1) is 5.39 Å². The standard InChI is InChI=1S/C57H36N2O2/c1-3-12-37(13-4-1)41-17-11-18-46(34-41)59(45-29-24-39(25-30-45)50-36-43-16-7-8-19-47(43)48-20-9-10-21-49(48)50)44-27-22-38(23-28-44)42-26-32-53-51(35-42)55-54(60-53)33-31-52-56(55)61-57(58-52)40-14-5-2-6-15-40/h1-36H. The molecular weight excluding hydrogens is 745 g/mol. The van der Waals surface area contributed by atoms with Gasteiger partial charge in [0.2, 0.25) is 5.89 Å². The Labute approximate surface area is 352 Å². The molecule has 0 fully saturated rings. The molecule has 0 atom stereocenters. The minimum absolute atomic E-state index is 0.597. The number of nitrogens with zero attached hydrogens (tertiary/aromatic N) is 2. The first-order chi connectivity index (χ1) is 30.2. The zero-order chi connectivity index (χ0) is 40.3. The van der Waals surface area contributed by atoms with Gasteiger partial charge in [-0.1, -0.05) is 140 Å². The second-order valence-electron chi connectivity index (χ2n) is 15.5. The van der Waals surface area contributed by atoms with E-state index in [2.05, 4.69) is 181 Å². The molecule has 0 unspecified atom stereocenters. The van der Waals surface area contributed by atoms with Gasteiger partial charge < -0.3 is 13.7 Å². The second-order valence-corrected chi connectivity index (χ2v) is 15.5. The van der Waals surface area contributed by atoms with Crippen LogP contribution in [-0.4, -0.2) is 4.98 Å². The van der Waals surface area contributed by atoms with E-state index in [0.29, 0.717) is 5.89 Å². The first kappa shape index (κ1) is 34.8. The van der Waals surface area contributed by atoms with E-state index in [-0.39, 0.29) is 0 Å². The van der Waals surface area contributed by atoms with E-state index in [4.69, 9.17) is 13.8 Å². The predicted octanol–water partition coefficient (Wildman–Crippen LogP) is 16.2. The van der Waals surface area contributed by atoms with Crippen LogP contribution in [0.2, 0.25) is 0 Å². The van der Waals surface area contributed by atoms with Gasteiger partial charge in [0.1, 0.15) is 16.7 Å². The van der Waals surface area contributed by atoms with Crippen molar-refractivity contribution in [3.05, 3.63) is 218 Å². The van der Waals surface area contributed by atoms with Crippen molar-refractivity contribution in [2.75, 3.05) is 4.90 Å². The van der Waals surface area contributed by atoms with Crippen molar-refractivity contribution in [1.29, 1.82) is 0 Å². The van der Waals surface area contributed by atoms with Gasteiger partial charge in [-0.05, 0) is 134 Å². The van der Waals surface area contributed by atoms with Crippen LogP contribution >= 0.6 is 0 Å². The molecule has 2 aromatic heterocycles. The van der Waals surface area contributed by atoms with Gasteiger partial charge >= 0.3 is 0 Å². The van der Waals surface area contributed by atoms with Gasteiger partial charge in [-0.25, -0.2) is 4.98 Å². The van der Waals surface area contributed by atoms with Crippen LogP contribution in [0.3, 0.4) is 0 Å². The Morgan fingerprint density at radius 3 is 1.70 bits per heavy atom. The third-order valence-electron chi connectivity index (χ3n) is 11.9. The monoisotopic (exact) mass is 780 g/mol. The van der Waals surface area contributed by atoms with Crippen LogP contribution in [0.4, 0.5) is 17.1 Å². The maximum Gasteiger partial charge on any atom is 0.227 e. The summed E-state index contributed by atoms with van der Waals surface area (Å²) < 4.78 is 12.8. The van der Waals surface area contributed by atoms with Crippen molar-refractivity contribution in [2.45, 2.75) is 0 Å². The van der Waals surface area contributed by atoms with Gasteiger partial charge in [-0.3, -0.25) is 0 Å². The molecule has 10 aromatic carbocycles. The summed E-state index contributed by atoms with van der Waals surface area (Å²) in [6, 6.07) is 77.3. The first-order valence-corrected chi connectivity index (χ1v) is 20.6. The minimum atomic E-state index is 0.597. The fourth-order valence-corrected chi connectivity index (χ4v) is 8.92. The zero-order valence-electron chi connectivity index (χ0n) is 33.0. The SMILES string of the molecule is c1ccc(-c2cccc(N(c3ccc(-c4ccc5oc6ccc7nc(-c8ccccc8)oc7c6c5c4)cc3)c3ccc(-c4cc5ccccc5c5ccccc45)cc3)c2)cc1. The molecule has 12 rings (SSSR count). The van der Waals surface area contributed by atoms with Crippen LogP contribution in [0.15, 0.2) is 227 Å². The summed E-state index contributed by atoms with van der Waals surface area (Å²) in [7, 11) is 0. The van der Waals surface area contributed by atoms with Crippen molar-refractivity contribution >= 4 is 71.6 Å². The van der Waals surface area contributed by atoms with E-state index in [0.717, 1.165) is 72.4 Å². The average Bonchev–Trinajstić information content (AvgIpc) is 3.94. The van der Waals surface area contributed by atoms with Gasteiger partial charge in [-0.2, -0.15) is 0 Å². The lowest BCUT2D eigenvalue weighted by molar-refractivity contribution is 0.622. The van der Waals surface area contributed by atoms with E-state index < -0.39 is 0 Å². The summed E-state index contributed by atoms with van der Waals surface area (Å²) in [4.78, 5) is 7.17. The summed E-state index contributed by atoms with van der Waals surface area (Å²) in [5, 5.41) is 6.96. The molecule has 286 valence electrons. The lowest BCUT2D eigenvalue weighted by atomic mass is 9.93. The molecule has 2 heterocycles. The van der Waals surface area contributed by atoms with Gasteiger partial charge in [0.25, 0.3) is 0 Å². The quantitative estimate of drug-likeness (QED) is 0.151. The lowest BCUT2D eigenvalue weighted by Gasteiger charge is -2.26. The highest BCUT2D eigenvalue weighted by Crippen LogP contribution is 2.42. The highest BCUT2D eigenvalue weighted by molar-refractivity contribution is 6.17. The topological polar surface area (TPSA) is 42.4 Å². The molecule has 0 saturated heterocycles. The average molecular weight is 781 g/mol.